The van der Waals surface area contributed by atoms with E-state index in [1.54, 1.807) is 6.07 Å². The normalized spacial score (nSPS) is 11.8. The van der Waals surface area contributed by atoms with Crippen molar-refractivity contribution in [1.29, 1.82) is 0 Å². The number of rotatable bonds is 5. The van der Waals surface area contributed by atoms with E-state index < -0.39 is 11.7 Å². The molecule has 108 valence electrons. The number of hydrogen-bond donors (Lipinski definition) is 1. The molecule has 1 aromatic carbocycles. The van der Waals surface area contributed by atoms with Gasteiger partial charge in [0.2, 0.25) is 5.13 Å². The van der Waals surface area contributed by atoms with E-state index in [0.29, 0.717) is 17.1 Å². The van der Waals surface area contributed by atoms with E-state index in [0.717, 1.165) is 30.3 Å². The van der Waals surface area contributed by atoms with Gasteiger partial charge >= 0.3 is 6.18 Å². The van der Waals surface area contributed by atoms with Crippen LogP contribution in [0, 0.1) is 0 Å². The van der Waals surface area contributed by atoms with Crippen LogP contribution in [0.4, 0.5) is 18.3 Å². The van der Waals surface area contributed by atoms with Crippen molar-refractivity contribution in [2.75, 3.05) is 5.73 Å². The molecule has 2 rings (SSSR count). The van der Waals surface area contributed by atoms with Crippen LogP contribution in [-0.2, 0) is 19.0 Å². The summed E-state index contributed by atoms with van der Waals surface area (Å²) in [4.78, 5) is 0. The first-order valence-corrected chi connectivity index (χ1v) is 7.01. The van der Waals surface area contributed by atoms with E-state index in [1.807, 2.05) is 0 Å². The lowest BCUT2D eigenvalue weighted by Crippen LogP contribution is -2.05. The molecule has 20 heavy (non-hydrogen) atoms. The summed E-state index contributed by atoms with van der Waals surface area (Å²) in [5.41, 5.74) is 5.58. The van der Waals surface area contributed by atoms with Gasteiger partial charge in [-0.25, -0.2) is 0 Å². The molecule has 0 aliphatic rings. The van der Waals surface area contributed by atoms with Crippen LogP contribution in [0.1, 0.15) is 29.0 Å². The number of benzene rings is 1. The summed E-state index contributed by atoms with van der Waals surface area (Å²) in [7, 11) is 0. The minimum atomic E-state index is -4.28. The molecule has 2 N–H and O–H groups in total. The Morgan fingerprint density at radius 1 is 1.10 bits per heavy atom. The number of nitrogen functional groups attached to an aromatic ring is 1. The Morgan fingerprint density at radius 3 is 2.50 bits per heavy atom. The third-order valence-corrected chi connectivity index (χ3v) is 3.66. The van der Waals surface area contributed by atoms with E-state index >= 15 is 0 Å². The van der Waals surface area contributed by atoms with E-state index in [2.05, 4.69) is 10.2 Å². The molecule has 1 aromatic heterocycles. The molecule has 0 aliphatic heterocycles. The molecule has 3 nitrogen and oxygen atoms in total. The molecule has 0 fully saturated rings. The predicted molar refractivity (Wildman–Crippen MR) is 72.4 cm³/mol. The van der Waals surface area contributed by atoms with Gasteiger partial charge in [0.05, 0.1) is 5.56 Å². The van der Waals surface area contributed by atoms with Crippen LogP contribution in [-0.4, -0.2) is 10.2 Å². The zero-order chi connectivity index (χ0) is 14.6. The summed E-state index contributed by atoms with van der Waals surface area (Å²) in [5, 5.41) is 8.92. The van der Waals surface area contributed by atoms with Gasteiger partial charge < -0.3 is 5.73 Å². The Kier molecular flexibility index (Phi) is 4.59. The van der Waals surface area contributed by atoms with Crippen molar-refractivity contribution in [2.24, 2.45) is 0 Å². The third-order valence-electron chi connectivity index (χ3n) is 2.84. The van der Waals surface area contributed by atoms with E-state index in [-0.39, 0.29) is 0 Å². The smallest absolute Gasteiger partial charge is 0.374 e. The summed E-state index contributed by atoms with van der Waals surface area (Å²) in [5.74, 6) is 0. The van der Waals surface area contributed by atoms with Gasteiger partial charge in [-0.1, -0.05) is 29.5 Å². The number of hydrogen-bond acceptors (Lipinski definition) is 4. The molecule has 0 bridgehead atoms. The maximum Gasteiger partial charge on any atom is 0.416 e. The van der Waals surface area contributed by atoms with Crippen molar-refractivity contribution < 1.29 is 13.2 Å². The second-order valence-corrected chi connectivity index (χ2v) is 5.53. The SMILES string of the molecule is Nc1nnc(CCCCc2cccc(C(F)(F)F)c2)s1. The molecule has 0 saturated heterocycles. The number of unbranched alkanes of at least 4 members (excludes halogenated alkanes) is 1. The van der Waals surface area contributed by atoms with Gasteiger partial charge in [0.25, 0.3) is 0 Å². The summed E-state index contributed by atoms with van der Waals surface area (Å²) in [6.07, 6.45) is -1.24. The average molecular weight is 301 g/mol. The molecular weight excluding hydrogens is 287 g/mol. The molecule has 1 heterocycles. The van der Waals surface area contributed by atoms with Crippen molar-refractivity contribution in [3.63, 3.8) is 0 Å². The molecule has 0 radical (unpaired) electrons. The largest absolute Gasteiger partial charge is 0.416 e. The summed E-state index contributed by atoms with van der Waals surface area (Å²) in [6, 6.07) is 5.47. The van der Waals surface area contributed by atoms with Gasteiger partial charge in [-0.15, -0.1) is 10.2 Å². The number of halogens is 3. The molecule has 0 saturated carbocycles. The highest BCUT2D eigenvalue weighted by atomic mass is 32.1. The van der Waals surface area contributed by atoms with Gasteiger partial charge in [0.1, 0.15) is 5.01 Å². The Bertz CT molecular complexity index is 566. The van der Waals surface area contributed by atoms with Gasteiger partial charge in [-0.05, 0) is 30.9 Å². The summed E-state index contributed by atoms with van der Waals surface area (Å²) >= 11 is 1.35. The zero-order valence-electron chi connectivity index (χ0n) is 10.7. The monoisotopic (exact) mass is 301 g/mol. The first-order valence-electron chi connectivity index (χ1n) is 6.19. The van der Waals surface area contributed by atoms with Crippen molar-refractivity contribution in [2.45, 2.75) is 31.9 Å². The second-order valence-electron chi connectivity index (χ2n) is 4.44. The number of nitrogens with two attached hydrogens (primary N) is 1. The number of aryl methyl sites for hydroxylation is 2. The molecule has 0 atom stereocenters. The Hall–Kier alpha value is -1.63. The highest BCUT2D eigenvalue weighted by Gasteiger charge is 2.30. The maximum absolute atomic E-state index is 12.6. The fourth-order valence-corrected chi connectivity index (χ4v) is 2.53. The lowest BCUT2D eigenvalue weighted by Gasteiger charge is -2.08. The number of aromatic nitrogens is 2. The molecule has 0 amide bonds. The quantitative estimate of drug-likeness (QED) is 0.857. The minimum Gasteiger partial charge on any atom is -0.374 e. The van der Waals surface area contributed by atoms with E-state index in [1.165, 1.54) is 23.5 Å². The molecular formula is C13H14F3N3S. The number of alkyl halides is 3. The predicted octanol–water partition coefficient (Wildman–Crippen LogP) is 3.70. The van der Waals surface area contributed by atoms with E-state index in [9.17, 15) is 13.2 Å². The van der Waals surface area contributed by atoms with Crippen molar-refractivity contribution in [3.05, 3.63) is 40.4 Å². The van der Waals surface area contributed by atoms with Crippen LogP contribution < -0.4 is 5.73 Å². The highest BCUT2D eigenvalue weighted by molar-refractivity contribution is 7.15. The van der Waals surface area contributed by atoms with Gasteiger partial charge in [0, 0.05) is 6.42 Å². The van der Waals surface area contributed by atoms with Crippen LogP contribution in [0.25, 0.3) is 0 Å². The first-order chi connectivity index (χ1) is 9.45. The van der Waals surface area contributed by atoms with Gasteiger partial charge in [-0.3, -0.25) is 0 Å². The Balaban J connectivity index is 1.82. The number of anilines is 1. The lowest BCUT2D eigenvalue weighted by molar-refractivity contribution is -0.137. The molecule has 2 aromatic rings. The van der Waals surface area contributed by atoms with Crippen molar-refractivity contribution >= 4 is 16.5 Å². The Morgan fingerprint density at radius 2 is 1.85 bits per heavy atom. The third kappa shape index (κ3) is 4.19. The average Bonchev–Trinajstić information content (AvgIpc) is 2.80. The van der Waals surface area contributed by atoms with Crippen molar-refractivity contribution in [3.8, 4) is 0 Å². The van der Waals surface area contributed by atoms with Crippen LogP contribution in [0.5, 0.6) is 0 Å². The van der Waals surface area contributed by atoms with Crippen molar-refractivity contribution in [1.82, 2.24) is 10.2 Å². The summed E-state index contributed by atoms with van der Waals surface area (Å²) < 4.78 is 37.7. The summed E-state index contributed by atoms with van der Waals surface area (Å²) in [6.45, 7) is 0. The van der Waals surface area contributed by atoms with Crippen LogP contribution in [0.2, 0.25) is 0 Å². The standard InChI is InChI=1S/C13H14F3N3S/c14-13(15,16)10-6-3-5-9(8-10)4-1-2-7-11-18-19-12(17)20-11/h3,5-6,8H,1-2,4,7H2,(H2,17,19). The minimum absolute atomic E-state index is 0.442. The first kappa shape index (κ1) is 14.8. The van der Waals surface area contributed by atoms with Crippen LogP contribution >= 0.6 is 11.3 Å². The maximum atomic E-state index is 12.6. The van der Waals surface area contributed by atoms with Gasteiger partial charge in [0.15, 0.2) is 0 Å². The lowest BCUT2D eigenvalue weighted by atomic mass is 10.0. The van der Waals surface area contributed by atoms with Gasteiger partial charge in [-0.2, -0.15) is 13.2 Å². The highest BCUT2D eigenvalue weighted by Crippen LogP contribution is 2.29. The second kappa shape index (κ2) is 6.21. The molecule has 0 aliphatic carbocycles. The van der Waals surface area contributed by atoms with Crippen LogP contribution in [0.3, 0.4) is 0 Å². The molecule has 0 spiro atoms. The topological polar surface area (TPSA) is 51.8 Å². The Labute approximate surface area is 118 Å². The number of nitrogens with zero attached hydrogens (tertiary/aromatic N) is 2. The molecule has 7 heteroatoms. The van der Waals surface area contributed by atoms with E-state index in [4.69, 9.17) is 5.73 Å². The van der Waals surface area contributed by atoms with Crippen LogP contribution in [0.15, 0.2) is 24.3 Å². The molecule has 0 unspecified atom stereocenters. The fraction of sp³-hybridized carbons (Fsp3) is 0.385. The fourth-order valence-electron chi connectivity index (χ4n) is 1.88. The zero-order valence-corrected chi connectivity index (χ0v) is 11.5.